The lowest BCUT2D eigenvalue weighted by Crippen LogP contribution is -1.99. The van der Waals surface area contributed by atoms with Gasteiger partial charge in [-0.05, 0) is 81.9 Å². The predicted octanol–water partition coefficient (Wildman–Crippen LogP) is 15.7. The molecule has 0 radical (unpaired) electrons. The zero-order valence-corrected chi connectivity index (χ0v) is 36.4. The summed E-state index contributed by atoms with van der Waals surface area (Å²) < 4.78 is 2.26. The molecule has 314 valence electrons. The first-order valence-electron chi connectivity index (χ1n) is 22.5. The van der Waals surface area contributed by atoms with Crippen molar-refractivity contribution >= 4 is 21.9 Å². The molecule has 0 fully saturated rings. The van der Waals surface area contributed by atoms with Gasteiger partial charge in [0.25, 0.3) is 0 Å². The van der Waals surface area contributed by atoms with Gasteiger partial charge in [-0.3, -0.25) is 4.57 Å². The molecule has 0 atom stereocenters. The van der Waals surface area contributed by atoms with Crippen molar-refractivity contribution in [1.82, 2.24) is 24.5 Å². The largest absolute Gasteiger partial charge is 0.294 e. The topological polar surface area (TPSA) is 56.5 Å². The van der Waals surface area contributed by atoms with Gasteiger partial charge in [-0.2, -0.15) is 0 Å². The third kappa shape index (κ3) is 7.64. The van der Waals surface area contributed by atoms with Crippen molar-refractivity contribution in [1.29, 1.82) is 0 Å². The van der Waals surface area contributed by atoms with Crippen LogP contribution in [0.3, 0.4) is 0 Å². The number of hydrogen-bond donors (Lipinski definition) is 0. The molecule has 0 saturated heterocycles. The molecule has 0 bridgehead atoms. The van der Waals surface area contributed by atoms with Gasteiger partial charge in [0.15, 0.2) is 11.6 Å². The van der Waals surface area contributed by atoms with Crippen LogP contribution in [-0.4, -0.2) is 24.5 Å². The van der Waals surface area contributed by atoms with E-state index in [0.717, 1.165) is 106 Å². The molecule has 3 heterocycles. The monoisotopic (exact) mass is 855 g/mol. The molecule has 0 unspecified atom stereocenters. The third-order valence-corrected chi connectivity index (χ3v) is 12.4. The first-order valence-corrected chi connectivity index (χ1v) is 22.5. The molecule has 12 aromatic rings. The molecule has 5 nitrogen and oxygen atoms in total. The van der Waals surface area contributed by atoms with Crippen molar-refractivity contribution in [3.05, 3.63) is 249 Å². The van der Waals surface area contributed by atoms with Gasteiger partial charge in [-0.25, -0.2) is 19.9 Å². The second-order valence-electron chi connectivity index (χ2n) is 16.7. The van der Waals surface area contributed by atoms with Gasteiger partial charge >= 0.3 is 0 Å². The Bertz CT molecular complexity index is 3680. The lowest BCUT2D eigenvalue weighted by Gasteiger charge is -2.12. The molecule has 67 heavy (non-hydrogen) atoms. The number of para-hydroxylation sites is 2. The summed E-state index contributed by atoms with van der Waals surface area (Å²) in [6, 6.07) is 86.9. The van der Waals surface area contributed by atoms with Crippen LogP contribution in [0.15, 0.2) is 249 Å². The molecule has 0 saturated carbocycles. The van der Waals surface area contributed by atoms with Crippen LogP contribution in [0.4, 0.5) is 0 Å². The number of aromatic nitrogens is 5. The summed E-state index contributed by atoms with van der Waals surface area (Å²) in [5, 5.41) is 2.14. The van der Waals surface area contributed by atoms with Crippen molar-refractivity contribution in [3.8, 4) is 95.6 Å². The van der Waals surface area contributed by atoms with E-state index >= 15 is 0 Å². The summed E-state index contributed by atoms with van der Waals surface area (Å²) in [7, 11) is 0. The highest BCUT2D eigenvalue weighted by atomic mass is 15.1. The molecular weight excluding hydrogens is 815 g/mol. The minimum atomic E-state index is 0.686. The van der Waals surface area contributed by atoms with Crippen LogP contribution >= 0.6 is 0 Å². The van der Waals surface area contributed by atoms with Crippen LogP contribution in [0.2, 0.25) is 0 Å². The van der Waals surface area contributed by atoms with Gasteiger partial charge < -0.3 is 0 Å². The van der Waals surface area contributed by atoms with Gasteiger partial charge in [0.05, 0.1) is 28.0 Å². The quantitative estimate of drug-likeness (QED) is 0.145. The molecule has 0 spiro atoms. The summed E-state index contributed by atoms with van der Waals surface area (Å²) in [6.45, 7) is 0. The maximum Gasteiger partial charge on any atom is 0.162 e. The third-order valence-electron chi connectivity index (χ3n) is 12.4. The smallest absolute Gasteiger partial charge is 0.162 e. The van der Waals surface area contributed by atoms with Gasteiger partial charge in [-0.15, -0.1) is 0 Å². The van der Waals surface area contributed by atoms with Crippen LogP contribution < -0.4 is 0 Å². The lowest BCUT2D eigenvalue weighted by molar-refractivity contribution is 1.11. The summed E-state index contributed by atoms with van der Waals surface area (Å²) in [6.07, 6.45) is 0. The van der Waals surface area contributed by atoms with Crippen LogP contribution in [0.25, 0.3) is 118 Å². The van der Waals surface area contributed by atoms with Crippen molar-refractivity contribution in [2.24, 2.45) is 0 Å². The SMILES string of the molecule is c1ccc(-c2cc(-c3ccccc3)nc(-c3cccc(-c4cccc(-c5cccc(-c6cccc(-c7nc(-c8ccccc8)nc8c7c7ccccc7n8-c7ccccc7)c6)c5)c4)c3)n2)cc1. The zero-order chi connectivity index (χ0) is 44.5. The van der Waals surface area contributed by atoms with Crippen LogP contribution in [0, 0.1) is 0 Å². The van der Waals surface area contributed by atoms with E-state index < -0.39 is 0 Å². The van der Waals surface area contributed by atoms with Crippen LogP contribution in [-0.2, 0) is 0 Å². The average Bonchev–Trinajstić information content (AvgIpc) is 3.76. The maximum absolute atomic E-state index is 5.37. The van der Waals surface area contributed by atoms with Crippen molar-refractivity contribution in [3.63, 3.8) is 0 Å². The zero-order valence-electron chi connectivity index (χ0n) is 36.4. The highest BCUT2D eigenvalue weighted by Crippen LogP contribution is 2.40. The van der Waals surface area contributed by atoms with E-state index in [1.807, 2.05) is 60.7 Å². The fraction of sp³-hybridized carbons (Fsp3) is 0. The van der Waals surface area contributed by atoms with Crippen molar-refractivity contribution in [2.45, 2.75) is 0 Å². The fourth-order valence-corrected chi connectivity index (χ4v) is 9.15. The molecule has 0 aliphatic heterocycles. The molecule has 0 aliphatic rings. The molecule has 5 heteroatoms. The Morgan fingerprint density at radius 1 is 0.269 bits per heavy atom. The number of fused-ring (bicyclic) bond motifs is 3. The molecule has 0 aliphatic carbocycles. The van der Waals surface area contributed by atoms with E-state index in [-0.39, 0.29) is 0 Å². The highest BCUT2D eigenvalue weighted by molar-refractivity contribution is 6.14. The van der Waals surface area contributed by atoms with E-state index in [1.54, 1.807) is 0 Å². The fourth-order valence-electron chi connectivity index (χ4n) is 9.15. The molecular formula is C62H41N5. The Morgan fingerprint density at radius 3 is 1.19 bits per heavy atom. The Kier molecular flexibility index (Phi) is 10.1. The minimum Gasteiger partial charge on any atom is -0.294 e. The Morgan fingerprint density at radius 2 is 0.657 bits per heavy atom. The molecule has 12 rings (SSSR count). The first-order chi connectivity index (χ1) is 33.2. The number of nitrogens with zero attached hydrogens (tertiary/aromatic N) is 5. The average molecular weight is 856 g/mol. The van der Waals surface area contributed by atoms with Gasteiger partial charge in [0, 0.05) is 38.9 Å². The summed E-state index contributed by atoms with van der Waals surface area (Å²) in [4.78, 5) is 20.9. The van der Waals surface area contributed by atoms with E-state index in [0.29, 0.717) is 11.6 Å². The molecule has 0 N–H and O–H groups in total. The van der Waals surface area contributed by atoms with Crippen molar-refractivity contribution in [2.75, 3.05) is 0 Å². The second-order valence-corrected chi connectivity index (χ2v) is 16.7. The maximum atomic E-state index is 5.37. The number of benzene rings is 9. The lowest BCUT2D eigenvalue weighted by atomic mass is 9.94. The summed E-state index contributed by atoms with van der Waals surface area (Å²) >= 11 is 0. The summed E-state index contributed by atoms with van der Waals surface area (Å²) in [5.41, 5.74) is 17.5. The standard InChI is InChI=1S/C62H41N5/c1-5-19-42(20-6-1)55-41-56(43-21-7-2-8-22-43)64-61(63-55)52-32-18-30-50(40-52)48-28-16-26-46(38-48)45-25-15-27-47(37-45)49-29-17-31-51(39-49)59-58-54-35-13-14-36-57(54)67(53-33-11-4-12-34-53)62(58)66-60(65-59)44-23-9-3-10-24-44/h1-41H. The molecule has 3 aromatic heterocycles. The Hall–Kier alpha value is -9.06. The van der Waals surface area contributed by atoms with Gasteiger partial charge in [0.2, 0.25) is 0 Å². The number of hydrogen-bond acceptors (Lipinski definition) is 4. The molecule has 0 amide bonds. The van der Waals surface area contributed by atoms with E-state index in [4.69, 9.17) is 19.9 Å². The van der Waals surface area contributed by atoms with E-state index in [1.165, 1.54) is 0 Å². The van der Waals surface area contributed by atoms with Crippen molar-refractivity contribution < 1.29 is 0 Å². The number of rotatable bonds is 9. The van der Waals surface area contributed by atoms with E-state index in [9.17, 15) is 0 Å². The Labute approximate surface area is 389 Å². The predicted molar refractivity (Wildman–Crippen MR) is 275 cm³/mol. The highest BCUT2D eigenvalue weighted by Gasteiger charge is 2.21. The first kappa shape index (κ1) is 39.5. The molecule has 9 aromatic carbocycles. The van der Waals surface area contributed by atoms with Crippen LogP contribution in [0.1, 0.15) is 0 Å². The van der Waals surface area contributed by atoms with E-state index in [2.05, 4.69) is 193 Å². The van der Waals surface area contributed by atoms with Crippen LogP contribution in [0.5, 0.6) is 0 Å². The van der Waals surface area contributed by atoms with Gasteiger partial charge in [-0.1, -0.05) is 200 Å². The summed E-state index contributed by atoms with van der Waals surface area (Å²) in [5.74, 6) is 1.38. The second kappa shape index (κ2) is 17.1. The minimum absolute atomic E-state index is 0.686. The Balaban J connectivity index is 0.918. The van der Waals surface area contributed by atoms with Gasteiger partial charge in [0.1, 0.15) is 5.65 Å². The normalized spacial score (nSPS) is 11.3.